The molecule has 0 spiro atoms. The largest absolute Gasteiger partial charge is 0.465 e. The van der Waals surface area contributed by atoms with Crippen LogP contribution >= 0.6 is 27.5 Å². The molecular weight excluding hydrogens is 415 g/mol. The molecule has 0 unspecified atom stereocenters. The summed E-state index contributed by atoms with van der Waals surface area (Å²) in [6, 6.07) is 9.00. The molecule has 0 aliphatic carbocycles. The molecule has 3 rings (SSSR count). The lowest BCUT2D eigenvalue weighted by atomic mass is 10.1. The lowest BCUT2D eigenvalue weighted by molar-refractivity contribution is 0.0600. The van der Waals surface area contributed by atoms with E-state index in [2.05, 4.69) is 20.7 Å². The molecule has 0 aliphatic rings. The third-order valence-corrected chi connectivity index (χ3v) is 4.59. The third kappa shape index (κ3) is 2.89. The van der Waals surface area contributed by atoms with Gasteiger partial charge in [0.2, 0.25) is 0 Å². The van der Waals surface area contributed by atoms with E-state index in [-0.39, 0.29) is 21.1 Å². The molecule has 1 heterocycles. The van der Waals surface area contributed by atoms with Crippen molar-refractivity contribution < 1.29 is 13.9 Å². The van der Waals surface area contributed by atoms with E-state index in [4.69, 9.17) is 17.3 Å². The van der Waals surface area contributed by atoms with Gasteiger partial charge in [0.25, 0.3) is 5.56 Å². The number of anilines is 1. The number of esters is 1. The number of rotatable bonds is 2. The average Bonchev–Trinajstić information content (AvgIpc) is 2.58. The van der Waals surface area contributed by atoms with Crippen LogP contribution in [-0.2, 0) is 4.74 Å². The van der Waals surface area contributed by atoms with Crippen molar-refractivity contribution in [3.05, 3.63) is 67.6 Å². The van der Waals surface area contributed by atoms with Crippen LogP contribution in [0.25, 0.3) is 16.6 Å². The molecule has 5 nitrogen and oxygen atoms in total. The minimum atomic E-state index is -0.893. The van der Waals surface area contributed by atoms with Gasteiger partial charge in [-0.15, -0.1) is 0 Å². The van der Waals surface area contributed by atoms with Crippen LogP contribution in [0.4, 0.5) is 10.1 Å². The van der Waals surface area contributed by atoms with Crippen molar-refractivity contribution in [2.24, 2.45) is 0 Å². The smallest absolute Gasteiger partial charge is 0.345 e. The van der Waals surface area contributed by atoms with E-state index < -0.39 is 17.3 Å². The molecule has 3 aromatic rings. The molecule has 0 atom stereocenters. The molecule has 0 amide bonds. The molecule has 0 saturated heterocycles. The fourth-order valence-electron chi connectivity index (χ4n) is 2.55. The van der Waals surface area contributed by atoms with Gasteiger partial charge in [-0.05, 0) is 52.3 Å². The second-order valence-corrected chi connectivity index (χ2v) is 6.47. The van der Waals surface area contributed by atoms with Crippen molar-refractivity contribution in [1.82, 2.24) is 4.57 Å². The molecule has 0 fully saturated rings. The van der Waals surface area contributed by atoms with Gasteiger partial charge in [-0.2, -0.15) is 0 Å². The minimum absolute atomic E-state index is 0.136. The second kappa shape index (κ2) is 6.50. The predicted octanol–water partition coefficient (Wildman–Crippen LogP) is 3.91. The number of hydrogen-bond acceptors (Lipinski definition) is 4. The molecule has 2 aromatic carbocycles. The van der Waals surface area contributed by atoms with Crippen LogP contribution < -0.4 is 11.3 Å². The second-order valence-electron chi connectivity index (χ2n) is 5.18. The molecule has 1 aromatic heterocycles. The Labute approximate surface area is 154 Å². The van der Waals surface area contributed by atoms with Crippen LogP contribution in [0.5, 0.6) is 0 Å². The highest BCUT2D eigenvalue weighted by atomic mass is 79.9. The number of halogens is 3. The van der Waals surface area contributed by atoms with Crippen molar-refractivity contribution in [3.8, 4) is 5.69 Å². The van der Waals surface area contributed by atoms with Gasteiger partial charge in [0, 0.05) is 16.1 Å². The van der Waals surface area contributed by atoms with Crippen molar-refractivity contribution in [1.29, 1.82) is 0 Å². The van der Waals surface area contributed by atoms with Gasteiger partial charge >= 0.3 is 5.97 Å². The van der Waals surface area contributed by atoms with Crippen LogP contribution in [0, 0.1) is 5.82 Å². The lowest BCUT2D eigenvalue weighted by Crippen LogP contribution is -2.28. The summed E-state index contributed by atoms with van der Waals surface area (Å²) >= 11 is 8.99. The van der Waals surface area contributed by atoms with Crippen molar-refractivity contribution in [2.45, 2.75) is 0 Å². The highest BCUT2D eigenvalue weighted by Gasteiger charge is 2.23. The number of nitrogen functional groups attached to an aromatic ring is 1. The number of carbonyl (C=O) groups excluding carboxylic acids is 1. The number of ether oxygens (including phenoxy) is 1. The van der Waals surface area contributed by atoms with Crippen LogP contribution in [0.2, 0.25) is 5.02 Å². The molecule has 0 radical (unpaired) electrons. The Morgan fingerprint density at radius 1 is 1.28 bits per heavy atom. The monoisotopic (exact) mass is 424 g/mol. The summed E-state index contributed by atoms with van der Waals surface area (Å²) in [6.07, 6.45) is 0. The minimum Gasteiger partial charge on any atom is -0.465 e. The van der Waals surface area contributed by atoms with Crippen LogP contribution in [-0.4, -0.2) is 17.6 Å². The standard InChI is InChI=1S/C17H11BrClFN2O3/c1-25-17(24)14-15(21)10-6-12(20)11(18)7-13(10)22(16(14)23)9-4-2-8(19)3-5-9/h2-7H,21H2,1H3. The van der Waals surface area contributed by atoms with Crippen molar-refractivity contribution in [3.63, 3.8) is 0 Å². The fourth-order valence-corrected chi connectivity index (χ4v) is 3.01. The van der Waals surface area contributed by atoms with Gasteiger partial charge in [-0.1, -0.05) is 11.6 Å². The average molecular weight is 426 g/mol. The van der Waals surface area contributed by atoms with Gasteiger partial charge in [0.15, 0.2) is 0 Å². The van der Waals surface area contributed by atoms with Gasteiger partial charge in [-0.3, -0.25) is 9.36 Å². The maximum Gasteiger partial charge on any atom is 0.345 e. The number of pyridine rings is 1. The lowest BCUT2D eigenvalue weighted by Gasteiger charge is -2.15. The SMILES string of the molecule is COC(=O)c1c(N)c2cc(F)c(Br)cc2n(-c2ccc(Cl)cc2)c1=O. The number of nitrogens with zero attached hydrogens (tertiary/aromatic N) is 1. The van der Waals surface area contributed by atoms with E-state index in [0.29, 0.717) is 16.2 Å². The van der Waals surface area contributed by atoms with Crippen LogP contribution in [0.3, 0.4) is 0 Å². The summed E-state index contributed by atoms with van der Waals surface area (Å²) in [6.45, 7) is 0. The highest BCUT2D eigenvalue weighted by molar-refractivity contribution is 9.10. The number of methoxy groups -OCH3 is 1. The van der Waals surface area contributed by atoms with E-state index in [1.807, 2.05) is 0 Å². The molecule has 25 heavy (non-hydrogen) atoms. The first-order valence-electron chi connectivity index (χ1n) is 7.02. The number of nitrogens with two attached hydrogens (primary N) is 1. The van der Waals surface area contributed by atoms with E-state index >= 15 is 0 Å². The van der Waals surface area contributed by atoms with Crippen molar-refractivity contribution >= 4 is 50.1 Å². The zero-order chi connectivity index (χ0) is 18.3. The molecule has 2 N–H and O–H groups in total. The molecule has 0 saturated carbocycles. The number of carbonyl (C=O) groups is 1. The van der Waals surface area contributed by atoms with E-state index in [1.165, 1.54) is 10.6 Å². The predicted molar refractivity (Wildman–Crippen MR) is 98.0 cm³/mol. The Morgan fingerprint density at radius 3 is 2.52 bits per heavy atom. The zero-order valence-electron chi connectivity index (χ0n) is 12.8. The third-order valence-electron chi connectivity index (χ3n) is 3.73. The number of aromatic nitrogens is 1. The quantitative estimate of drug-likeness (QED) is 0.632. The van der Waals surface area contributed by atoms with Crippen LogP contribution in [0.1, 0.15) is 10.4 Å². The van der Waals surface area contributed by atoms with Gasteiger partial charge in [0.1, 0.15) is 11.4 Å². The maximum absolute atomic E-state index is 14.0. The normalized spacial score (nSPS) is 10.9. The molecule has 0 bridgehead atoms. The summed E-state index contributed by atoms with van der Waals surface area (Å²) in [5.41, 5.74) is 5.60. The van der Waals surface area contributed by atoms with Gasteiger partial charge in [-0.25, -0.2) is 9.18 Å². The van der Waals surface area contributed by atoms with Gasteiger partial charge in [0.05, 0.1) is 22.8 Å². The number of benzene rings is 2. The Bertz CT molecular complexity index is 1060. The Kier molecular flexibility index (Phi) is 4.53. The summed E-state index contributed by atoms with van der Waals surface area (Å²) in [5.74, 6) is -1.47. The first-order valence-corrected chi connectivity index (χ1v) is 8.19. The topological polar surface area (TPSA) is 74.3 Å². The molecule has 0 aliphatic heterocycles. The number of fused-ring (bicyclic) bond motifs is 1. The fraction of sp³-hybridized carbons (Fsp3) is 0.0588. The van der Waals surface area contributed by atoms with E-state index in [0.717, 1.165) is 13.2 Å². The van der Waals surface area contributed by atoms with Crippen LogP contribution in [0.15, 0.2) is 45.7 Å². The summed E-state index contributed by atoms with van der Waals surface area (Å²) < 4.78 is 20.1. The summed E-state index contributed by atoms with van der Waals surface area (Å²) in [4.78, 5) is 25.0. The highest BCUT2D eigenvalue weighted by Crippen LogP contribution is 2.30. The van der Waals surface area contributed by atoms with E-state index in [1.54, 1.807) is 24.3 Å². The Morgan fingerprint density at radius 2 is 1.92 bits per heavy atom. The maximum atomic E-state index is 14.0. The molecule has 8 heteroatoms. The summed E-state index contributed by atoms with van der Waals surface area (Å²) in [5, 5.41) is 0.701. The first kappa shape index (κ1) is 17.4. The Balaban J connectivity index is 2.53. The molecular formula is C17H11BrClFN2O3. The van der Waals surface area contributed by atoms with Crippen molar-refractivity contribution in [2.75, 3.05) is 12.8 Å². The summed E-state index contributed by atoms with van der Waals surface area (Å²) in [7, 11) is 1.14. The Hall–Kier alpha value is -2.38. The number of hydrogen-bond donors (Lipinski definition) is 1. The molecule has 128 valence electrons. The van der Waals surface area contributed by atoms with E-state index in [9.17, 15) is 14.0 Å². The first-order chi connectivity index (χ1) is 11.8. The van der Waals surface area contributed by atoms with Gasteiger partial charge < -0.3 is 10.5 Å². The zero-order valence-corrected chi connectivity index (χ0v) is 15.2.